The van der Waals surface area contributed by atoms with Crippen molar-refractivity contribution < 1.29 is 9.18 Å². The Kier molecular flexibility index (Phi) is 5.06. The van der Waals surface area contributed by atoms with Crippen LogP contribution in [0.2, 0.25) is 5.02 Å². The van der Waals surface area contributed by atoms with Gasteiger partial charge in [0.1, 0.15) is 5.82 Å². The minimum Gasteiger partial charge on any atom is -0.336 e. The SMILES string of the molecule is O=C(c1ccc(F)c(Cl)c1)N1CCCC1CCCCl. The van der Waals surface area contributed by atoms with Gasteiger partial charge in [-0.1, -0.05) is 11.6 Å². The number of halogens is 3. The van der Waals surface area contributed by atoms with Gasteiger partial charge in [0.05, 0.1) is 5.02 Å². The van der Waals surface area contributed by atoms with Gasteiger partial charge in [-0.05, 0) is 43.9 Å². The molecule has 104 valence electrons. The normalized spacial score (nSPS) is 18.9. The second-order valence-corrected chi connectivity index (χ2v) is 5.54. The van der Waals surface area contributed by atoms with Crippen LogP contribution in [0, 0.1) is 5.82 Å². The van der Waals surface area contributed by atoms with Crippen LogP contribution in [-0.2, 0) is 0 Å². The number of amides is 1. The molecule has 0 aliphatic carbocycles. The van der Waals surface area contributed by atoms with Crippen LogP contribution in [0.5, 0.6) is 0 Å². The molecule has 1 aromatic rings. The Bertz CT molecular complexity index is 467. The van der Waals surface area contributed by atoms with Crippen molar-refractivity contribution >= 4 is 29.1 Å². The van der Waals surface area contributed by atoms with Gasteiger partial charge in [-0.2, -0.15) is 0 Å². The number of carbonyl (C=O) groups is 1. The van der Waals surface area contributed by atoms with Gasteiger partial charge in [0.25, 0.3) is 5.91 Å². The third-order valence-electron chi connectivity index (χ3n) is 3.48. The Morgan fingerprint density at radius 1 is 1.47 bits per heavy atom. The van der Waals surface area contributed by atoms with Crippen LogP contribution in [-0.4, -0.2) is 29.3 Å². The molecule has 0 aromatic heterocycles. The molecule has 0 radical (unpaired) electrons. The largest absolute Gasteiger partial charge is 0.336 e. The molecule has 1 heterocycles. The summed E-state index contributed by atoms with van der Waals surface area (Å²) in [5.74, 6) is 0.0401. The fourth-order valence-electron chi connectivity index (χ4n) is 2.51. The Balaban J connectivity index is 2.11. The van der Waals surface area contributed by atoms with Crippen molar-refractivity contribution in [2.24, 2.45) is 0 Å². The van der Waals surface area contributed by atoms with Gasteiger partial charge < -0.3 is 4.90 Å². The molecule has 0 spiro atoms. The second kappa shape index (κ2) is 6.58. The van der Waals surface area contributed by atoms with Gasteiger partial charge in [0.2, 0.25) is 0 Å². The van der Waals surface area contributed by atoms with E-state index in [-0.39, 0.29) is 17.0 Å². The molecule has 1 fully saturated rings. The van der Waals surface area contributed by atoms with E-state index < -0.39 is 5.82 Å². The highest BCUT2D eigenvalue weighted by Crippen LogP contribution is 2.25. The summed E-state index contributed by atoms with van der Waals surface area (Å²) in [6.07, 6.45) is 3.84. The Hall–Kier alpha value is -0.800. The lowest BCUT2D eigenvalue weighted by Crippen LogP contribution is -2.35. The second-order valence-electron chi connectivity index (χ2n) is 4.75. The van der Waals surface area contributed by atoms with Crippen LogP contribution in [0.25, 0.3) is 0 Å². The molecule has 0 saturated carbocycles. The molecule has 2 rings (SSSR count). The molecule has 19 heavy (non-hydrogen) atoms. The minimum absolute atomic E-state index is 0.0117. The van der Waals surface area contributed by atoms with Crippen LogP contribution in [0.15, 0.2) is 18.2 Å². The Morgan fingerprint density at radius 3 is 2.95 bits per heavy atom. The molecule has 1 amide bonds. The lowest BCUT2D eigenvalue weighted by Gasteiger charge is -2.24. The molecular weight excluding hydrogens is 288 g/mol. The molecule has 0 bridgehead atoms. The smallest absolute Gasteiger partial charge is 0.254 e. The molecule has 1 aliphatic heterocycles. The van der Waals surface area contributed by atoms with E-state index in [1.54, 1.807) is 0 Å². The molecule has 0 N–H and O–H groups in total. The van der Waals surface area contributed by atoms with Gasteiger partial charge in [0, 0.05) is 24.0 Å². The maximum absolute atomic E-state index is 13.1. The van der Waals surface area contributed by atoms with Crippen molar-refractivity contribution in [3.8, 4) is 0 Å². The summed E-state index contributed by atoms with van der Waals surface area (Å²) < 4.78 is 13.1. The molecular formula is C14H16Cl2FNO. The predicted octanol–water partition coefficient (Wildman–Crippen LogP) is 4.10. The van der Waals surface area contributed by atoms with Gasteiger partial charge in [-0.25, -0.2) is 4.39 Å². The zero-order valence-corrected chi connectivity index (χ0v) is 12.1. The average Bonchev–Trinajstić information content (AvgIpc) is 2.87. The number of carbonyl (C=O) groups excluding carboxylic acids is 1. The highest BCUT2D eigenvalue weighted by molar-refractivity contribution is 6.31. The van der Waals surface area contributed by atoms with Crippen molar-refractivity contribution in [3.63, 3.8) is 0 Å². The minimum atomic E-state index is -0.502. The Morgan fingerprint density at radius 2 is 2.26 bits per heavy atom. The molecule has 1 aromatic carbocycles. The highest BCUT2D eigenvalue weighted by atomic mass is 35.5. The van der Waals surface area contributed by atoms with Crippen LogP contribution < -0.4 is 0 Å². The number of likely N-dealkylation sites (tertiary alicyclic amines) is 1. The van der Waals surface area contributed by atoms with E-state index in [2.05, 4.69) is 0 Å². The van der Waals surface area contributed by atoms with Crippen LogP contribution in [0.4, 0.5) is 4.39 Å². The van der Waals surface area contributed by atoms with Gasteiger partial charge in [-0.15, -0.1) is 11.6 Å². The van der Waals surface area contributed by atoms with Gasteiger partial charge in [-0.3, -0.25) is 4.79 Å². The molecule has 5 heteroatoms. The summed E-state index contributed by atoms with van der Waals surface area (Å²) in [5.41, 5.74) is 0.448. The van der Waals surface area contributed by atoms with Gasteiger partial charge in [0.15, 0.2) is 0 Å². The third-order valence-corrected chi connectivity index (χ3v) is 4.03. The number of hydrogen-bond donors (Lipinski definition) is 0. The summed E-state index contributed by atoms with van der Waals surface area (Å²) in [5, 5.41) is -0.0117. The van der Waals surface area contributed by atoms with Crippen molar-refractivity contribution in [3.05, 3.63) is 34.6 Å². The van der Waals surface area contributed by atoms with Crippen molar-refractivity contribution in [2.75, 3.05) is 12.4 Å². The number of hydrogen-bond acceptors (Lipinski definition) is 1. The fraction of sp³-hybridized carbons (Fsp3) is 0.500. The van der Waals surface area contributed by atoms with Crippen LogP contribution >= 0.6 is 23.2 Å². The molecule has 2 nitrogen and oxygen atoms in total. The molecule has 1 atom stereocenters. The Labute approximate surface area is 122 Å². The molecule has 1 unspecified atom stereocenters. The van der Waals surface area contributed by atoms with Gasteiger partial charge >= 0.3 is 0 Å². The lowest BCUT2D eigenvalue weighted by atomic mass is 10.1. The number of alkyl halides is 1. The number of benzene rings is 1. The first-order valence-electron chi connectivity index (χ1n) is 6.45. The quantitative estimate of drug-likeness (QED) is 0.767. The number of nitrogens with zero attached hydrogens (tertiary/aromatic N) is 1. The zero-order valence-electron chi connectivity index (χ0n) is 10.5. The zero-order chi connectivity index (χ0) is 13.8. The van der Waals surface area contributed by atoms with Crippen LogP contribution in [0.1, 0.15) is 36.0 Å². The highest BCUT2D eigenvalue weighted by Gasteiger charge is 2.29. The first kappa shape index (κ1) is 14.6. The summed E-state index contributed by atoms with van der Waals surface area (Å²) in [6.45, 7) is 0.751. The number of rotatable bonds is 4. The van der Waals surface area contributed by atoms with E-state index in [4.69, 9.17) is 23.2 Å². The van der Waals surface area contributed by atoms with Crippen molar-refractivity contribution in [2.45, 2.75) is 31.7 Å². The van der Waals surface area contributed by atoms with Crippen molar-refractivity contribution in [1.29, 1.82) is 0 Å². The van der Waals surface area contributed by atoms with E-state index in [0.717, 1.165) is 32.2 Å². The average molecular weight is 304 g/mol. The van der Waals surface area contributed by atoms with E-state index in [9.17, 15) is 9.18 Å². The maximum Gasteiger partial charge on any atom is 0.254 e. The third kappa shape index (κ3) is 3.40. The summed E-state index contributed by atoms with van der Waals surface area (Å²) in [6, 6.07) is 4.37. The summed E-state index contributed by atoms with van der Waals surface area (Å²) in [7, 11) is 0. The monoisotopic (exact) mass is 303 g/mol. The standard InChI is InChI=1S/C14H16Cl2FNO/c15-7-1-3-11-4-2-8-18(11)14(19)10-5-6-13(17)12(16)9-10/h5-6,9,11H,1-4,7-8H2. The molecule has 1 saturated heterocycles. The van der Waals surface area contributed by atoms with E-state index in [1.165, 1.54) is 18.2 Å². The van der Waals surface area contributed by atoms with Crippen LogP contribution in [0.3, 0.4) is 0 Å². The topological polar surface area (TPSA) is 20.3 Å². The maximum atomic E-state index is 13.1. The van der Waals surface area contributed by atoms with E-state index >= 15 is 0 Å². The lowest BCUT2D eigenvalue weighted by molar-refractivity contribution is 0.0730. The van der Waals surface area contributed by atoms with E-state index in [0.29, 0.717) is 11.4 Å². The van der Waals surface area contributed by atoms with Crippen molar-refractivity contribution in [1.82, 2.24) is 4.90 Å². The molecule has 1 aliphatic rings. The predicted molar refractivity (Wildman–Crippen MR) is 75.4 cm³/mol. The summed E-state index contributed by atoms with van der Waals surface area (Å²) >= 11 is 11.4. The first-order chi connectivity index (χ1) is 9.13. The summed E-state index contributed by atoms with van der Waals surface area (Å²) in [4.78, 5) is 14.3. The first-order valence-corrected chi connectivity index (χ1v) is 7.36. The fourth-order valence-corrected chi connectivity index (χ4v) is 2.85. The van der Waals surface area contributed by atoms with E-state index in [1.807, 2.05) is 4.90 Å².